The quantitative estimate of drug-likeness (QED) is 0.715. The van der Waals surface area contributed by atoms with Gasteiger partial charge in [0.05, 0.1) is 25.9 Å². The van der Waals surface area contributed by atoms with Crippen LogP contribution in [0.1, 0.15) is 18.0 Å². The van der Waals surface area contributed by atoms with Gasteiger partial charge < -0.3 is 24.7 Å². The van der Waals surface area contributed by atoms with Crippen LogP contribution >= 0.6 is 11.6 Å². The van der Waals surface area contributed by atoms with Gasteiger partial charge in [0.15, 0.2) is 0 Å². The van der Waals surface area contributed by atoms with Gasteiger partial charge in [-0.25, -0.2) is 5.43 Å². The van der Waals surface area contributed by atoms with Gasteiger partial charge in [-0.05, 0) is 36.2 Å². The Morgan fingerprint density at radius 1 is 1.16 bits per heavy atom. The summed E-state index contributed by atoms with van der Waals surface area (Å²) in [6.07, 6.45) is 3.99. The van der Waals surface area contributed by atoms with E-state index in [0.29, 0.717) is 28.6 Å². The van der Waals surface area contributed by atoms with E-state index in [1.54, 1.807) is 42.7 Å². The van der Waals surface area contributed by atoms with E-state index in [0.717, 1.165) is 5.56 Å². The highest BCUT2D eigenvalue weighted by molar-refractivity contribution is 6.30. The van der Waals surface area contributed by atoms with Crippen LogP contribution in [0.4, 0.5) is 5.69 Å². The normalized spacial score (nSPS) is 19.9. The van der Waals surface area contributed by atoms with E-state index in [1.165, 1.54) is 12.0 Å². The molecule has 8 nitrogen and oxygen atoms in total. The second kappa shape index (κ2) is 8.87. The fourth-order valence-corrected chi connectivity index (χ4v) is 3.85. The molecule has 1 fully saturated rings. The largest absolute Gasteiger partial charge is 0.497 e. The van der Waals surface area contributed by atoms with Crippen molar-refractivity contribution >= 4 is 29.1 Å². The van der Waals surface area contributed by atoms with Crippen LogP contribution in [-0.2, 0) is 9.59 Å². The van der Waals surface area contributed by atoms with Gasteiger partial charge >= 0.3 is 0 Å². The predicted octanol–water partition coefficient (Wildman–Crippen LogP) is 2.93. The van der Waals surface area contributed by atoms with Gasteiger partial charge in [-0.15, -0.1) is 0 Å². The number of carbonyl (C=O) groups excluding carboxylic acids is 2. The molecule has 0 saturated carbocycles. The monoisotopic (exact) mass is 442 g/mol. The van der Waals surface area contributed by atoms with Gasteiger partial charge in [-0.2, -0.15) is 0 Å². The Hall–Kier alpha value is -3.23. The Balaban J connectivity index is 1.40. The summed E-state index contributed by atoms with van der Waals surface area (Å²) in [5.74, 6) is 0.636. The second-order valence-electron chi connectivity index (χ2n) is 7.27. The number of ether oxygens (including phenoxy) is 2. The third kappa shape index (κ3) is 4.45. The lowest BCUT2D eigenvalue weighted by molar-refractivity contribution is -0.137. The van der Waals surface area contributed by atoms with E-state index in [1.807, 2.05) is 24.3 Å². The van der Waals surface area contributed by atoms with Crippen LogP contribution in [-0.4, -0.2) is 48.5 Å². The van der Waals surface area contributed by atoms with Crippen molar-refractivity contribution in [1.82, 2.24) is 15.3 Å². The van der Waals surface area contributed by atoms with Gasteiger partial charge in [-0.1, -0.05) is 23.7 Å². The highest BCUT2D eigenvalue weighted by atomic mass is 35.5. The summed E-state index contributed by atoms with van der Waals surface area (Å²) in [7, 11) is 3.07. The number of hydrazine groups is 1. The zero-order chi connectivity index (χ0) is 22.0. The number of fused-ring (bicyclic) bond motifs is 1. The highest BCUT2D eigenvalue weighted by Crippen LogP contribution is 2.32. The molecule has 0 aliphatic carbocycles. The summed E-state index contributed by atoms with van der Waals surface area (Å²) in [4.78, 5) is 27.0. The summed E-state index contributed by atoms with van der Waals surface area (Å²) in [5, 5.41) is 5.25. The standard InChI is InChI=1S/C22H23ClN4O4/c1-30-16-7-8-17(20(11-16)31-2)24-21(28)13-26-9-10-27-19(22(26)29)12-18(25-27)14-3-5-15(23)6-4-14/h3-11,18-19,25H,12-13H2,1-2H3,(H,24,28). The van der Waals surface area contributed by atoms with Crippen LogP contribution in [0.2, 0.25) is 5.02 Å². The van der Waals surface area contributed by atoms with Crippen LogP contribution in [0.5, 0.6) is 11.5 Å². The zero-order valence-corrected chi connectivity index (χ0v) is 17.9. The average molecular weight is 443 g/mol. The molecule has 2 aromatic rings. The Kier molecular flexibility index (Phi) is 6.01. The number of nitrogens with zero attached hydrogens (tertiary/aromatic N) is 2. The van der Waals surface area contributed by atoms with Gasteiger partial charge in [0.2, 0.25) is 5.91 Å². The summed E-state index contributed by atoms with van der Waals surface area (Å²) in [5.41, 5.74) is 4.89. The maximum Gasteiger partial charge on any atom is 0.251 e. The Morgan fingerprint density at radius 3 is 2.65 bits per heavy atom. The first-order valence-electron chi connectivity index (χ1n) is 9.79. The average Bonchev–Trinajstić information content (AvgIpc) is 3.21. The van der Waals surface area contributed by atoms with Crippen molar-refractivity contribution in [3.63, 3.8) is 0 Å². The van der Waals surface area contributed by atoms with Crippen molar-refractivity contribution < 1.29 is 19.1 Å². The fourth-order valence-electron chi connectivity index (χ4n) is 3.73. The van der Waals surface area contributed by atoms with Gasteiger partial charge in [0.25, 0.3) is 5.91 Å². The molecule has 162 valence electrons. The molecule has 4 rings (SSSR count). The molecule has 0 radical (unpaired) electrons. The second-order valence-corrected chi connectivity index (χ2v) is 7.71. The maximum atomic E-state index is 13.0. The van der Waals surface area contributed by atoms with Crippen LogP contribution < -0.4 is 20.2 Å². The molecule has 0 bridgehead atoms. The lowest BCUT2D eigenvalue weighted by atomic mass is 10.0. The number of halogens is 1. The molecule has 2 aliphatic rings. The third-order valence-electron chi connectivity index (χ3n) is 5.34. The third-order valence-corrected chi connectivity index (χ3v) is 5.60. The number of amides is 2. The first-order chi connectivity index (χ1) is 15.0. The number of rotatable bonds is 6. The van der Waals surface area contributed by atoms with Crippen molar-refractivity contribution in [2.24, 2.45) is 0 Å². The molecular formula is C22H23ClN4O4. The number of hydrogen-bond donors (Lipinski definition) is 2. The highest BCUT2D eigenvalue weighted by Gasteiger charge is 2.40. The van der Waals surface area contributed by atoms with E-state index in [4.69, 9.17) is 21.1 Å². The van der Waals surface area contributed by atoms with Crippen LogP contribution in [0.3, 0.4) is 0 Å². The smallest absolute Gasteiger partial charge is 0.251 e. The molecule has 9 heteroatoms. The van der Waals surface area contributed by atoms with Gasteiger partial charge in [-0.3, -0.25) is 9.59 Å². The van der Waals surface area contributed by atoms with Crippen molar-refractivity contribution in [3.8, 4) is 11.5 Å². The van der Waals surface area contributed by atoms with E-state index < -0.39 is 0 Å². The number of hydrogen-bond acceptors (Lipinski definition) is 6. The summed E-state index contributed by atoms with van der Waals surface area (Å²) >= 11 is 5.97. The van der Waals surface area contributed by atoms with E-state index in [2.05, 4.69) is 10.7 Å². The Morgan fingerprint density at radius 2 is 1.94 bits per heavy atom. The van der Waals surface area contributed by atoms with Gasteiger partial charge in [0.1, 0.15) is 24.1 Å². The van der Waals surface area contributed by atoms with Crippen LogP contribution in [0, 0.1) is 0 Å². The summed E-state index contributed by atoms with van der Waals surface area (Å²) < 4.78 is 10.5. The maximum absolute atomic E-state index is 13.0. The molecule has 31 heavy (non-hydrogen) atoms. The van der Waals surface area contributed by atoms with Crippen molar-refractivity contribution in [1.29, 1.82) is 0 Å². The fraction of sp³-hybridized carbons (Fsp3) is 0.273. The Labute approximate surface area is 185 Å². The number of benzene rings is 2. The van der Waals surface area contributed by atoms with Gasteiger partial charge in [0, 0.05) is 23.5 Å². The minimum absolute atomic E-state index is 0.00629. The molecule has 2 aromatic carbocycles. The molecule has 0 aromatic heterocycles. The first kappa shape index (κ1) is 21.0. The predicted molar refractivity (Wildman–Crippen MR) is 117 cm³/mol. The molecule has 2 N–H and O–H groups in total. The van der Waals surface area contributed by atoms with Crippen LogP contribution in [0.25, 0.3) is 0 Å². The topological polar surface area (TPSA) is 83.1 Å². The lowest BCUT2D eigenvalue weighted by Crippen LogP contribution is -2.49. The van der Waals surface area contributed by atoms with E-state index >= 15 is 0 Å². The summed E-state index contributed by atoms with van der Waals surface area (Å²) in [6, 6.07) is 12.3. The first-order valence-corrected chi connectivity index (χ1v) is 10.2. The molecular weight excluding hydrogens is 420 g/mol. The van der Waals surface area contributed by atoms with E-state index in [9.17, 15) is 9.59 Å². The SMILES string of the molecule is COc1ccc(NC(=O)CN2C=CN3NC(c4ccc(Cl)cc4)CC3C2=O)c(OC)c1. The molecule has 1 saturated heterocycles. The Bertz CT molecular complexity index is 1010. The zero-order valence-electron chi connectivity index (χ0n) is 17.2. The minimum Gasteiger partial charge on any atom is -0.497 e. The number of nitrogens with one attached hydrogen (secondary N) is 2. The molecule has 2 unspecified atom stereocenters. The number of carbonyl (C=O) groups is 2. The summed E-state index contributed by atoms with van der Waals surface area (Å²) in [6.45, 7) is -0.0968. The molecule has 2 aliphatic heterocycles. The number of methoxy groups -OCH3 is 2. The molecule has 2 amide bonds. The van der Waals surface area contributed by atoms with Crippen LogP contribution in [0.15, 0.2) is 54.9 Å². The van der Waals surface area contributed by atoms with Crippen molar-refractivity contribution in [3.05, 3.63) is 65.5 Å². The van der Waals surface area contributed by atoms with Crippen molar-refractivity contribution in [2.75, 3.05) is 26.1 Å². The van der Waals surface area contributed by atoms with E-state index in [-0.39, 0.29) is 30.4 Å². The lowest BCUT2D eigenvalue weighted by Gasteiger charge is -2.31. The minimum atomic E-state index is -0.381. The molecule has 2 atom stereocenters. The number of anilines is 1. The molecule has 2 heterocycles. The van der Waals surface area contributed by atoms with Crippen molar-refractivity contribution in [2.45, 2.75) is 18.5 Å². The molecule has 0 spiro atoms.